The van der Waals surface area contributed by atoms with Crippen molar-refractivity contribution in [1.29, 1.82) is 0 Å². The molecule has 0 aromatic carbocycles. The monoisotopic (exact) mass is 499 g/mol. The standard InChI is InChI=1S/C20H20F3N5O5S/c1-11-16(17(29)27-19(2)9-34(30,31)10-19)26-15-4-3-13(7-28(11)15)33-18-14(5-12(24)6-25-18)32-8-20(21,22)23/h3-7H,8-10,24H2,1-2H3,(H,27,29). The molecule has 0 bridgehead atoms. The first kappa shape index (κ1) is 23.6. The number of nitrogen functional groups attached to an aromatic ring is 1. The van der Waals surface area contributed by atoms with Crippen LogP contribution in [0.4, 0.5) is 18.9 Å². The molecular formula is C20H20F3N5O5S. The van der Waals surface area contributed by atoms with Crippen LogP contribution in [0.15, 0.2) is 30.6 Å². The Bertz CT molecular complexity index is 1380. The van der Waals surface area contributed by atoms with Crippen molar-refractivity contribution in [2.24, 2.45) is 0 Å². The quantitative estimate of drug-likeness (QED) is 0.527. The molecule has 1 aliphatic heterocycles. The fourth-order valence-electron chi connectivity index (χ4n) is 3.65. The predicted molar refractivity (Wildman–Crippen MR) is 115 cm³/mol. The van der Waals surface area contributed by atoms with E-state index in [0.29, 0.717) is 11.3 Å². The maximum Gasteiger partial charge on any atom is 0.422 e. The van der Waals surface area contributed by atoms with Crippen molar-refractivity contribution < 1.29 is 35.9 Å². The van der Waals surface area contributed by atoms with E-state index in [4.69, 9.17) is 15.2 Å². The van der Waals surface area contributed by atoms with Crippen molar-refractivity contribution in [1.82, 2.24) is 19.7 Å². The lowest BCUT2D eigenvalue weighted by Gasteiger charge is -2.38. The van der Waals surface area contributed by atoms with Gasteiger partial charge in [-0.25, -0.2) is 18.4 Å². The number of aromatic nitrogens is 3. The van der Waals surface area contributed by atoms with Crippen molar-refractivity contribution in [3.63, 3.8) is 0 Å². The molecule has 0 radical (unpaired) electrons. The lowest BCUT2D eigenvalue weighted by Crippen LogP contribution is -2.63. The van der Waals surface area contributed by atoms with Gasteiger partial charge < -0.3 is 20.5 Å². The van der Waals surface area contributed by atoms with E-state index in [1.165, 1.54) is 24.5 Å². The van der Waals surface area contributed by atoms with Gasteiger partial charge in [0.25, 0.3) is 11.8 Å². The second kappa shape index (κ2) is 8.04. The van der Waals surface area contributed by atoms with Crippen LogP contribution in [0, 0.1) is 6.92 Å². The highest BCUT2D eigenvalue weighted by molar-refractivity contribution is 7.93. The summed E-state index contributed by atoms with van der Waals surface area (Å²) in [6, 6.07) is 4.20. The molecule has 0 unspecified atom stereocenters. The molecule has 3 aromatic rings. The average Bonchev–Trinajstić information content (AvgIpc) is 3.02. The average molecular weight is 499 g/mol. The molecule has 34 heavy (non-hydrogen) atoms. The van der Waals surface area contributed by atoms with Crippen LogP contribution in [0.5, 0.6) is 17.4 Å². The zero-order valence-corrected chi connectivity index (χ0v) is 18.8. The van der Waals surface area contributed by atoms with Crippen LogP contribution in [0.3, 0.4) is 0 Å². The van der Waals surface area contributed by atoms with Crippen LogP contribution in [0.25, 0.3) is 5.65 Å². The zero-order valence-electron chi connectivity index (χ0n) is 18.0. The number of carbonyl (C=O) groups is 1. The number of carbonyl (C=O) groups excluding carboxylic acids is 1. The summed E-state index contributed by atoms with van der Waals surface area (Å²) in [5.74, 6) is -1.15. The number of fused-ring (bicyclic) bond motifs is 1. The number of hydrogen-bond acceptors (Lipinski definition) is 8. The Balaban J connectivity index is 1.57. The van der Waals surface area contributed by atoms with Crippen molar-refractivity contribution in [3.05, 3.63) is 42.0 Å². The number of imidazole rings is 1. The van der Waals surface area contributed by atoms with Gasteiger partial charge in [-0.3, -0.25) is 9.20 Å². The SMILES string of the molecule is Cc1c(C(=O)NC2(C)CS(=O)(=O)C2)nc2ccc(Oc3ncc(N)cc3OCC(F)(F)F)cn12. The zero-order chi connectivity index (χ0) is 24.9. The smallest absolute Gasteiger partial charge is 0.422 e. The molecule has 1 fully saturated rings. The molecule has 3 N–H and O–H groups in total. The van der Waals surface area contributed by atoms with Crippen LogP contribution < -0.4 is 20.5 Å². The minimum atomic E-state index is -4.56. The summed E-state index contributed by atoms with van der Waals surface area (Å²) in [5.41, 5.74) is 5.78. The van der Waals surface area contributed by atoms with Gasteiger partial charge in [-0.05, 0) is 26.0 Å². The summed E-state index contributed by atoms with van der Waals surface area (Å²) in [4.78, 5) is 20.9. The second-order valence-electron chi connectivity index (χ2n) is 8.26. The second-order valence-corrected chi connectivity index (χ2v) is 10.3. The molecule has 14 heteroatoms. The van der Waals surface area contributed by atoms with E-state index in [-0.39, 0.29) is 40.3 Å². The van der Waals surface area contributed by atoms with E-state index in [2.05, 4.69) is 15.3 Å². The Morgan fingerprint density at radius 3 is 2.68 bits per heavy atom. The number of nitrogens with two attached hydrogens (primary N) is 1. The summed E-state index contributed by atoms with van der Waals surface area (Å²) in [6.45, 7) is 1.73. The summed E-state index contributed by atoms with van der Waals surface area (Å²) in [7, 11) is -3.15. The summed E-state index contributed by atoms with van der Waals surface area (Å²) < 4.78 is 72.6. The molecule has 1 aliphatic rings. The highest BCUT2D eigenvalue weighted by atomic mass is 32.2. The Hall–Kier alpha value is -3.55. The van der Waals surface area contributed by atoms with Crippen molar-refractivity contribution in [3.8, 4) is 17.4 Å². The molecule has 4 rings (SSSR count). The molecule has 1 saturated heterocycles. The van der Waals surface area contributed by atoms with E-state index in [0.717, 1.165) is 0 Å². The van der Waals surface area contributed by atoms with E-state index >= 15 is 0 Å². The highest BCUT2D eigenvalue weighted by Crippen LogP contribution is 2.32. The fourth-order valence-corrected chi connectivity index (χ4v) is 5.65. The van der Waals surface area contributed by atoms with Gasteiger partial charge in [-0.2, -0.15) is 13.2 Å². The number of aryl methyl sites for hydroxylation is 1. The third kappa shape index (κ3) is 5.00. The minimum Gasteiger partial charge on any atom is -0.478 e. The third-order valence-electron chi connectivity index (χ3n) is 4.98. The Kier molecular flexibility index (Phi) is 5.58. The van der Waals surface area contributed by atoms with E-state index in [1.54, 1.807) is 24.3 Å². The molecule has 10 nitrogen and oxygen atoms in total. The number of anilines is 1. The lowest BCUT2D eigenvalue weighted by molar-refractivity contribution is -0.153. The van der Waals surface area contributed by atoms with Crippen LogP contribution in [0.2, 0.25) is 0 Å². The Morgan fingerprint density at radius 2 is 2.03 bits per heavy atom. The van der Waals surface area contributed by atoms with E-state index in [9.17, 15) is 26.4 Å². The molecule has 182 valence electrons. The summed E-state index contributed by atoms with van der Waals surface area (Å²) in [6.07, 6.45) is -1.87. The summed E-state index contributed by atoms with van der Waals surface area (Å²) in [5, 5.41) is 2.70. The number of sulfone groups is 1. The molecular weight excluding hydrogens is 479 g/mol. The van der Waals surface area contributed by atoms with Crippen LogP contribution in [-0.4, -0.2) is 58.5 Å². The van der Waals surface area contributed by atoms with Gasteiger partial charge in [0.15, 0.2) is 22.2 Å². The number of halogens is 3. The fraction of sp³-hybridized carbons (Fsp3) is 0.350. The molecule has 0 spiro atoms. The number of hydrogen-bond donors (Lipinski definition) is 2. The number of pyridine rings is 2. The van der Waals surface area contributed by atoms with Gasteiger partial charge >= 0.3 is 6.18 Å². The normalized spacial score (nSPS) is 16.6. The van der Waals surface area contributed by atoms with Crippen molar-refractivity contribution in [2.45, 2.75) is 25.6 Å². The molecule has 0 aliphatic carbocycles. The van der Waals surface area contributed by atoms with Gasteiger partial charge in [-0.1, -0.05) is 0 Å². The number of ether oxygens (including phenoxy) is 2. The molecule has 0 saturated carbocycles. The number of nitrogens with one attached hydrogen (secondary N) is 1. The Labute approximate surface area is 191 Å². The minimum absolute atomic E-state index is 0.0917. The predicted octanol–water partition coefficient (Wildman–Crippen LogP) is 2.27. The van der Waals surface area contributed by atoms with Gasteiger partial charge in [0.1, 0.15) is 17.1 Å². The first-order valence-electron chi connectivity index (χ1n) is 9.88. The van der Waals surface area contributed by atoms with Crippen molar-refractivity contribution in [2.75, 3.05) is 23.8 Å². The van der Waals surface area contributed by atoms with E-state index < -0.39 is 34.1 Å². The van der Waals surface area contributed by atoms with Gasteiger partial charge in [-0.15, -0.1) is 0 Å². The van der Waals surface area contributed by atoms with Crippen LogP contribution in [-0.2, 0) is 9.84 Å². The third-order valence-corrected chi connectivity index (χ3v) is 7.14. The maximum atomic E-state index is 12.7. The largest absolute Gasteiger partial charge is 0.478 e. The summed E-state index contributed by atoms with van der Waals surface area (Å²) >= 11 is 0. The number of alkyl halides is 3. The Morgan fingerprint density at radius 1 is 1.32 bits per heavy atom. The van der Waals surface area contributed by atoms with Crippen LogP contribution >= 0.6 is 0 Å². The molecule has 3 aromatic heterocycles. The first-order valence-corrected chi connectivity index (χ1v) is 11.7. The van der Waals surface area contributed by atoms with Gasteiger partial charge in [0.2, 0.25) is 0 Å². The number of nitrogens with zero attached hydrogens (tertiary/aromatic N) is 3. The lowest BCUT2D eigenvalue weighted by atomic mass is 10.1. The molecule has 1 amide bonds. The van der Waals surface area contributed by atoms with Crippen molar-refractivity contribution >= 4 is 27.1 Å². The molecule has 4 heterocycles. The number of rotatable bonds is 6. The highest BCUT2D eigenvalue weighted by Gasteiger charge is 2.46. The number of amides is 1. The maximum absolute atomic E-state index is 12.7. The van der Waals surface area contributed by atoms with Gasteiger partial charge in [0.05, 0.1) is 40.8 Å². The topological polar surface area (TPSA) is 138 Å². The van der Waals surface area contributed by atoms with E-state index in [1.807, 2.05) is 0 Å². The molecule has 0 atom stereocenters. The van der Waals surface area contributed by atoms with Crippen LogP contribution in [0.1, 0.15) is 23.1 Å². The first-order chi connectivity index (χ1) is 15.7. The van der Waals surface area contributed by atoms with Gasteiger partial charge in [0, 0.05) is 6.07 Å².